The Morgan fingerprint density at radius 3 is 2.46 bits per heavy atom. The van der Waals surface area contributed by atoms with Gasteiger partial charge in [0.25, 0.3) is 5.91 Å². The second-order valence-electron chi connectivity index (χ2n) is 5.94. The third-order valence-corrected chi connectivity index (χ3v) is 4.28. The number of para-hydroxylation sites is 1. The molecule has 0 saturated heterocycles. The molecule has 0 aliphatic rings. The first-order chi connectivity index (χ1) is 13.5. The molecule has 1 aromatic heterocycles. The molecule has 1 heterocycles. The van der Waals surface area contributed by atoms with Crippen LogP contribution in [-0.2, 0) is 0 Å². The number of nitrogens with one attached hydrogen (secondary N) is 3. The number of halogens is 1. The Labute approximate surface area is 166 Å². The molecule has 3 rings (SSSR count). The molecule has 3 aromatic rings. The van der Waals surface area contributed by atoms with Crippen LogP contribution in [-0.4, -0.2) is 26.8 Å². The number of rotatable bonds is 4. The van der Waals surface area contributed by atoms with Gasteiger partial charge in [-0.1, -0.05) is 48.0 Å². The Hall–Kier alpha value is -3.52. The van der Waals surface area contributed by atoms with Crippen LogP contribution in [0, 0.1) is 0 Å². The van der Waals surface area contributed by atoms with Crippen molar-refractivity contribution in [1.29, 1.82) is 0 Å². The number of carbonyl (C=O) groups is 2. The highest BCUT2D eigenvalue weighted by molar-refractivity contribution is 6.31. The van der Waals surface area contributed by atoms with Gasteiger partial charge in [-0.25, -0.2) is 14.9 Å². The minimum atomic E-state index is -0.757. The van der Waals surface area contributed by atoms with E-state index in [2.05, 4.69) is 21.3 Å². The highest BCUT2D eigenvalue weighted by atomic mass is 35.5. The SMILES string of the molecule is CC(NC(=O)NNC(=O)c1nn(-c2ccccc2)cc1O)c1ccccc1Cl. The number of hydrazine groups is 1. The first kappa shape index (κ1) is 19.2. The van der Waals surface area contributed by atoms with E-state index in [0.29, 0.717) is 10.7 Å². The number of amides is 3. The molecule has 144 valence electrons. The first-order valence-corrected chi connectivity index (χ1v) is 8.79. The fourth-order valence-corrected chi connectivity index (χ4v) is 2.85. The lowest BCUT2D eigenvalue weighted by Crippen LogP contribution is -2.47. The highest BCUT2D eigenvalue weighted by Gasteiger charge is 2.18. The molecule has 0 saturated carbocycles. The average Bonchev–Trinajstić information content (AvgIpc) is 3.09. The Morgan fingerprint density at radius 2 is 1.75 bits per heavy atom. The van der Waals surface area contributed by atoms with Crippen molar-refractivity contribution in [2.75, 3.05) is 0 Å². The molecule has 0 spiro atoms. The molecular weight excluding hydrogens is 382 g/mol. The van der Waals surface area contributed by atoms with Gasteiger partial charge in [0, 0.05) is 5.02 Å². The van der Waals surface area contributed by atoms with E-state index in [-0.39, 0.29) is 17.5 Å². The summed E-state index contributed by atoms with van der Waals surface area (Å²) in [6, 6.07) is 15.1. The zero-order chi connectivity index (χ0) is 20.1. The average molecular weight is 400 g/mol. The summed E-state index contributed by atoms with van der Waals surface area (Å²) in [4.78, 5) is 24.2. The predicted molar refractivity (Wildman–Crippen MR) is 104 cm³/mol. The number of hydrogen-bond donors (Lipinski definition) is 4. The Kier molecular flexibility index (Phi) is 5.81. The first-order valence-electron chi connectivity index (χ1n) is 8.41. The topological polar surface area (TPSA) is 108 Å². The Bertz CT molecular complexity index is 990. The fraction of sp³-hybridized carbons (Fsp3) is 0.105. The molecule has 2 aromatic carbocycles. The summed E-state index contributed by atoms with van der Waals surface area (Å²) in [6.45, 7) is 1.76. The van der Waals surface area contributed by atoms with Gasteiger partial charge in [0.2, 0.25) is 0 Å². The van der Waals surface area contributed by atoms with Crippen molar-refractivity contribution in [3.63, 3.8) is 0 Å². The van der Waals surface area contributed by atoms with Gasteiger partial charge < -0.3 is 10.4 Å². The van der Waals surface area contributed by atoms with Crippen LogP contribution in [0.1, 0.15) is 29.0 Å². The molecule has 28 heavy (non-hydrogen) atoms. The number of benzene rings is 2. The molecule has 0 fully saturated rings. The van der Waals surface area contributed by atoms with Gasteiger partial charge in [0.05, 0.1) is 17.9 Å². The summed E-state index contributed by atoms with van der Waals surface area (Å²) in [5, 5.41) is 17.2. The van der Waals surface area contributed by atoms with Crippen molar-refractivity contribution in [1.82, 2.24) is 25.9 Å². The van der Waals surface area contributed by atoms with Crippen LogP contribution >= 0.6 is 11.6 Å². The molecule has 8 nitrogen and oxygen atoms in total. The van der Waals surface area contributed by atoms with Gasteiger partial charge >= 0.3 is 6.03 Å². The predicted octanol–water partition coefficient (Wildman–Crippen LogP) is 2.94. The van der Waals surface area contributed by atoms with E-state index >= 15 is 0 Å². The lowest BCUT2D eigenvalue weighted by Gasteiger charge is -2.16. The zero-order valence-electron chi connectivity index (χ0n) is 14.9. The molecule has 3 amide bonds. The monoisotopic (exact) mass is 399 g/mol. The Balaban J connectivity index is 1.59. The smallest absolute Gasteiger partial charge is 0.333 e. The maximum absolute atomic E-state index is 12.2. The van der Waals surface area contributed by atoms with Crippen molar-refractivity contribution in [2.24, 2.45) is 0 Å². The second-order valence-corrected chi connectivity index (χ2v) is 6.35. The molecule has 1 unspecified atom stereocenters. The number of aromatic nitrogens is 2. The molecular formula is C19H18ClN5O3. The van der Waals surface area contributed by atoms with E-state index in [0.717, 1.165) is 5.56 Å². The van der Waals surface area contributed by atoms with Crippen molar-refractivity contribution < 1.29 is 14.7 Å². The second kappa shape index (κ2) is 8.45. The van der Waals surface area contributed by atoms with Gasteiger partial charge in [0.1, 0.15) is 0 Å². The van der Waals surface area contributed by atoms with E-state index in [4.69, 9.17) is 11.6 Å². The molecule has 1 atom stereocenters. The van der Waals surface area contributed by atoms with Crippen molar-refractivity contribution >= 4 is 23.5 Å². The highest BCUT2D eigenvalue weighted by Crippen LogP contribution is 2.22. The number of urea groups is 1. The summed E-state index contributed by atoms with van der Waals surface area (Å²) >= 11 is 6.10. The molecule has 0 aliphatic heterocycles. The van der Waals surface area contributed by atoms with Gasteiger partial charge in [-0.2, -0.15) is 5.10 Å². The van der Waals surface area contributed by atoms with Gasteiger partial charge in [0.15, 0.2) is 11.4 Å². The number of nitrogens with zero attached hydrogens (tertiary/aromatic N) is 2. The van der Waals surface area contributed by atoms with Crippen LogP contribution in [0.15, 0.2) is 60.8 Å². The maximum Gasteiger partial charge on any atom is 0.333 e. The van der Waals surface area contributed by atoms with Crippen LogP contribution in [0.2, 0.25) is 5.02 Å². The largest absolute Gasteiger partial charge is 0.504 e. The molecule has 0 bridgehead atoms. The van der Waals surface area contributed by atoms with Crippen LogP contribution < -0.4 is 16.2 Å². The van der Waals surface area contributed by atoms with Crippen LogP contribution in [0.5, 0.6) is 5.75 Å². The third kappa shape index (κ3) is 4.41. The third-order valence-electron chi connectivity index (χ3n) is 3.94. The fourth-order valence-electron chi connectivity index (χ4n) is 2.55. The maximum atomic E-state index is 12.2. The minimum Gasteiger partial charge on any atom is -0.504 e. The summed E-state index contributed by atoms with van der Waals surface area (Å²) < 4.78 is 1.36. The minimum absolute atomic E-state index is 0.219. The summed E-state index contributed by atoms with van der Waals surface area (Å²) in [5.41, 5.74) is 5.63. The van der Waals surface area contributed by atoms with Crippen molar-refractivity contribution in [2.45, 2.75) is 13.0 Å². The van der Waals surface area contributed by atoms with E-state index in [1.807, 2.05) is 12.1 Å². The van der Waals surface area contributed by atoms with Crippen LogP contribution in [0.25, 0.3) is 5.69 Å². The van der Waals surface area contributed by atoms with Gasteiger partial charge in [-0.05, 0) is 30.7 Å². The Morgan fingerprint density at radius 1 is 1.07 bits per heavy atom. The van der Waals surface area contributed by atoms with E-state index < -0.39 is 11.9 Å². The summed E-state index contributed by atoms with van der Waals surface area (Å²) in [7, 11) is 0. The lowest BCUT2D eigenvalue weighted by atomic mass is 10.1. The van der Waals surface area contributed by atoms with Crippen LogP contribution in [0.4, 0.5) is 4.79 Å². The number of hydrogen-bond acceptors (Lipinski definition) is 4. The van der Waals surface area contributed by atoms with E-state index in [1.165, 1.54) is 10.9 Å². The molecule has 0 radical (unpaired) electrons. The number of aromatic hydroxyl groups is 1. The number of carbonyl (C=O) groups excluding carboxylic acids is 2. The zero-order valence-corrected chi connectivity index (χ0v) is 15.6. The van der Waals surface area contributed by atoms with Gasteiger partial charge in [-0.15, -0.1) is 0 Å². The van der Waals surface area contributed by atoms with Crippen LogP contribution in [0.3, 0.4) is 0 Å². The van der Waals surface area contributed by atoms with E-state index in [9.17, 15) is 14.7 Å². The standard InChI is InChI=1S/C19H18ClN5O3/c1-12(14-9-5-6-10-15(14)20)21-19(28)23-22-18(27)17-16(26)11-25(24-17)13-7-3-2-4-8-13/h2-12,26H,1H3,(H,22,27)(H2,21,23,28). The molecule has 9 heteroatoms. The van der Waals surface area contributed by atoms with E-state index in [1.54, 1.807) is 49.4 Å². The quantitative estimate of drug-likeness (QED) is 0.506. The summed E-state index contributed by atoms with van der Waals surface area (Å²) in [6.07, 6.45) is 1.31. The normalized spacial score (nSPS) is 11.5. The van der Waals surface area contributed by atoms with Crippen molar-refractivity contribution in [3.05, 3.63) is 77.1 Å². The van der Waals surface area contributed by atoms with Gasteiger partial charge in [-0.3, -0.25) is 10.2 Å². The lowest BCUT2D eigenvalue weighted by molar-refractivity contribution is 0.0927. The summed E-state index contributed by atoms with van der Waals surface area (Å²) in [5.74, 6) is -1.07. The van der Waals surface area contributed by atoms with Crippen molar-refractivity contribution in [3.8, 4) is 11.4 Å². The molecule has 4 N–H and O–H groups in total. The molecule has 0 aliphatic carbocycles.